The van der Waals surface area contributed by atoms with E-state index in [0.29, 0.717) is 11.8 Å². The van der Waals surface area contributed by atoms with Crippen LogP contribution in [0, 0.1) is 0 Å². The van der Waals surface area contributed by atoms with E-state index in [1.54, 1.807) is 7.11 Å². The lowest BCUT2D eigenvalue weighted by molar-refractivity contribution is 0.116. The number of rotatable bonds is 3. The predicted molar refractivity (Wildman–Crippen MR) is 54.8 cm³/mol. The molecule has 15 heavy (non-hydrogen) atoms. The molecule has 6 nitrogen and oxygen atoms in total. The molecule has 2 rings (SSSR count). The Morgan fingerprint density at radius 2 is 2.33 bits per heavy atom. The molecule has 0 bridgehead atoms. The maximum atomic E-state index is 5.25. The van der Waals surface area contributed by atoms with Gasteiger partial charge in [0.25, 0.3) is 5.95 Å². The molecule has 1 fully saturated rings. The summed E-state index contributed by atoms with van der Waals surface area (Å²) in [6, 6.07) is 0.121. The van der Waals surface area contributed by atoms with Crippen LogP contribution in [0.15, 0.2) is 4.52 Å². The van der Waals surface area contributed by atoms with Gasteiger partial charge in [-0.3, -0.25) is 0 Å². The van der Waals surface area contributed by atoms with Gasteiger partial charge in [-0.15, -0.1) is 0 Å². The van der Waals surface area contributed by atoms with Gasteiger partial charge in [0, 0.05) is 27.7 Å². The first-order valence-electron chi connectivity index (χ1n) is 4.98. The largest absolute Gasteiger partial charge is 0.380 e. The van der Waals surface area contributed by atoms with Gasteiger partial charge in [-0.2, -0.15) is 4.98 Å². The second-order valence-corrected chi connectivity index (χ2v) is 3.88. The molecule has 0 saturated carbocycles. The molecular weight excluding hydrogens is 196 g/mol. The summed E-state index contributed by atoms with van der Waals surface area (Å²) >= 11 is 0. The lowest BCUT2D eigenvalue weighted by Gasteiger charge is -2.05. The van der Waals surface area contributed by atoms with Crippen LogP contribution in [0.3, 0.4) is 0 Å². The van der Waals surface area contributed by atoms with E-state index in [2.05, 4.69) is 15.5 Å². The Balaban J connectivity index is 2.04. The maximum Gasteiger partial charge on any atom is 0.265 e. The van der Waals surface area contributed by atoms with Crippen molar-refractivity contribution in [1.29, 1.82) is 0 Å². The Morgan fingerprint density at radius 1 is 1.53 bits per heavy atom. The van der Waals surface area contributed by atoms with Crippen molar-refractivity contribution in [2.75, 3.05) is 32.6 Å². The number of aromatic nitrogens is 2. The van der Waals surface area contributed by atoms with Crippen LogP contribution in [0.5, 0.6) is 0 Å². The first-order chi connectivity index (χ1) is 7.20. The zero-order chi connectivity index (χ0) is 10.8. The normalized spacial score (nSPS) is 25.8. The zero-order valence-electron chi connectivity index (χ0n) is 9.23. The van der Waals surface area contributed by atoms with E-state index in [1.807, 2.05) is 19.0 Å². The van der Waals surface area contributed by atoms with Crippen molar-refractivity contribution in [3.05, 3.63) is 5.89 Å². The van der Waals surface area contributed by atoms with Crippen molar-refractivity contribution in [2.45, 2.75) is 18.6 Å². The third-order valence-corrected chi connectivity index (χ3v) is 2.55. The smallest absolute Gasteiger partial charge is 0.265 e. The molecule has 0 aliphatic carbocycles. The van der Waals surface area contributed by atoms with E-state index < -0.39 is 0 Å². The molecule has 84 valence electrons. The first kappa shape index (κ1) is 10.4. The minimum atomic E-state index is 0.121. The van der Waals surface area contributed by atoms with Crippen molar-refractivity contribution in [1.82, 2.24) is 15.5 Å². The van der Waals surface area contributed by atoms with E-state index in [4.69, 9.17) is 9.26 Å². The Hall–Kier alpha value is -1.14. The lowest BCUT2D eigenvalue weighted by atomic mass is 10.2. The molecule has 0 radical (unpaired) electrons. The van der Waals surface area contributed by atoms with Gasteiger partial charge in [0.2, 0.25) is 5.89 Å². The third-order valence-electron chi connectivity index (χ3n) is 2.55. The molecule has 1 aromatic rings. The number of ether oxygens (including phenoxy) is 1. The molecule has 0 aromatic carbocycles. The average molecular weight is 212 g/mol. The summed E-state index contributed by atoms with van der Waals surface area (Å²) in [7, 11) is 5.48. The van der Waals surface area contributed by atoms with Gasteiger partial charge >= 0.3 is 0 Å². The number of nitrogens with one attached hydrogen (secondary N) is 1. The molecular formula is C9H16N4O2. The van der Waals surface area contributed by atoms with Crippen molar-refractivity contribution < 1.29 is 9.26 Å². The van der Waals surface area contributed by atoms with E-state index in [-0.39, 0.29) is 12.1 Å². The highest BCUT2D eigenvalue weighted by Gasteiger charge is 2.29. The van der Waals surface area contributed by atoms with Gasteiger partial charge in [0.05, 0.1) is 12.1 Å². The van der Waals surface area contributed by atoms with E-state index in [9.17, 15) is 0 Å². The summed E-state index contributed by atoms with van der Waals surface area (Å²) in [5.74, 6) is 1.24. The van der Waals surface area contributed by atoms with Gasteiger partial charge in [-0.05, 0) is 11.6 Å². The summed E-state index contributed by atoms with van der Waals surface area (Å²) in [6.45, 7) is 0.834. The van der Waals surface area contributed by atoms with Crippen molar-refractivity contribution in [3.8, 4) is 0 Å². The lowest BCUT2D eigenvalue weighted by Crippen LogP contribution is -2.16. The van der Waals surface area contributed by atoms with Crippen LogP contribution in [0.25, 0.3) is 0 Å². The molecule has 1 saturated heterocycles. The second kappa shape index (κ2) is 4.16. The number of anilines is 1. The number of methoxy groups -OCH3 is 1. The molecule has 1 N–H and O–H groups in total. The Kier molecular flexibility index (Phi) is 2.88. The van der Waals surface area contributed by atoms with Crippen molar-refractivity contribution >= 4 is 5.95 Å². The highest BCUT2D eigenvalue weighted by Crippen LogP contribution is 2.24. The minimum Gasteiger partial charge on any atom is -0.380 e. The topological polar surface area (TPSA) is 63.4 Å². The Morgan fingerprint density at radius 3 is 2.87 bits per heavy atom. The van der Waals surface area contributed by atoms with Crippen LogP contribution in [0.4, 0.5) is 5.95 Å². The monoisotopic (exact) mass is 212 g/mol. The van der Waals surface area contributed by atoms with Crippen molar-refractivity contribution in [2.24, 2.45) is 0 Å². The molecule has 0 spiro atoms. The standard InChI is InChI=1S/C9H16N4O2/c1-13(2)9-11-8(15-12-9)7-4-6(14-3)5-10-7/h6-7,10H,4-5H2,1-3H3. The summed E-state index contributed by atoms with van der Waals surface area (Å²) in [6.07, 6.45) is 1.12. The predicted octanol–water partition coefficient (Wildman–Crippen LogP) is 0.185. The fraction of sp³-hybridized carbons (Fsp3) is 0.778. The van der Waals surface area contributed by atoms with Crippen molar-refractivity contribution in [3.63, 3.8) is 0 Å². The average Bonchev–Trinajstić information content (AvgIpc) is 2.86. The molecule has 6 heteroatoms. The quantitative estimate of drug-likeness (QED) is 0.771. The summed E-state index contributed by atoms with van der Waals surface area (Å²) in [5.41, 5.74) is 0. The maximum absolute atomic E-state index is 5.25. The third kappa shape index (κ3) is 2.10. The SMILES string of the molecule is COC1CNC(c2nc(N(C)C)no2)C1. The summed E-state index contributed by atoms with van der Waals surface area (Å²) in [5, 5.41) is 7.16. The minimum absolute atomic E-state index is 0.121. The summed E-state index contributed by atoms with van der Waals surface area (Å²) < 4.78 is 10.4. The van der Waals surface area contributed by atoms with Crippen LogP contribution in [0.2, 0.25) is 0 Å². The van der Waals surface area contributed by atoms with E-state index in [1.165, 1.54) is 0 Å². The number of hydrogen-bond acceptors (Lipinski definition) is 6. The highest BCUT2D eigenvalue weighted by molar-refractivity contribution is 5.24. The molecule has 2 unspecified atom stereocenters. The Bertz CT molecular complexity index is 326. The van der Waals surface area contributed by atoms with Gasteiger partial charge < -0.3 is 19.5 Å². The Labute approximate surface area is 88.6 Å². The van der Waals surface area contributed by atoms with E-state index >= 15 is 0 Å². The fourth-order valence-corrected chi connectivity index (χ4v) is 1.62. The van der Waals surface area contributed by atoms with Crippen LogP contribution >= 0.6 is 0 Å². The molecule has 1 aromatic heterocycles. The summed E-state index contributed by atoms with van der Waals surface area (Å²) in [4.78, 5) is 6.11. The van der Waals surface area contributed by atoms with Crippen LogP contribution in [-0.2, 0) is 4.74 Å². The van der Waals surface area contributed by atoms with Gasteiger partial charge in [-0.25, -0.2) is 0 Å². The van der Waals surface area contributed by atoms with Crippen LogP contribution in [-0.4, -0.2) is 44.0 Å². The molecule has 1 aliphatic rings. The van der Waals surface area contributed by atoms with Crippen LogP contribution < -0.4 is 10.2 Å². The molecule has 1 aliphatic heterocycles. The van der Waals surface area contributed by atoms with Gasteiger partial charge in [0.15, 0.2) is 0 Å². The number of nitrogens with zero attached hydrogens (tertiary/aromatic N) is 3. The molecule has 0 amide bonds. The van der Waals surface area contributed by atoms with Gasteiger partial charge in [-0.1, -0.05) is 0 Å². The first-order valence-corrected chi connectivity index (χ1v) is 4.98. The van der Waals surface area contributed by atoms with Crippen LogP contribution in [0.1, 0.15) is 18.4 Å². The zero-order valence-corrected chi connectivity index (χ0v) is 9.23. The molecule has 2 atom stereocenters. The van der Waals surface area contributed by atoms with E-state index in [0.717, 1.165) is 13.0 Å². The number of hydrogen-bond donors (Lipinski definition) is 1. The fourth-order valence-electron chi connectivity index (χ4n) is 1.62. The highest BCUT2D eigenvalue weighted by atomic mass is 16.5. The second-order valence-electron chi connectivity index (χ2n) is 3.88. The van der Waals surface area contributed by atoms with Gasteiger partial charge in [0.1, 0.15) is 0 Å². The molecule has 2 heterocycles.